The van der Waals surface area contributed by atoms with Gasteiger partial charge in [0.05, 0.1) is 17.4 Å². The topological polar surface area (TPSA) is 54.3 Å². The highest BCUT2D eigenvalue weighted by Gasteiger charge is 2.33. The zero-order valence-electron chi connectivity index (χ0n) is 15.6. The van der Waals surface area contributed by atoms with Crippen molar-refractivity contribution in [3.63, 3.8) is 0 Å². The lowest BCUT2D eigenvalue weighted by Gasteiger charge is -2.22. The van der Waals surface area contributed by atoms with Gasteiger partial charge in [-0.25, -0.2) is 9.67 Å². The van der Waals surface area contributed by atoms with Gasteiger partial charge in [0.2, 0.25) is 0 Å². The summed E-state index contributed by atoms with van der Waals surface area (Å²) in [5, 5.41) is 4.44. The molecule has 0 saturated heterocycles. The Balaban J connectivity index is 1.52. The number of rotatable bonds is 6. The van der Waals surface area contributed by atoms with Gasteiger partial charge in [-0.1, -0.05) is 18.2 Å². The third kappa shape index (κ3) is 3.84. The molecule has 0 unspecified atom stereocenters. The lowest BCUT2D eigenvalue weighted by Crippen LogP contribution is -2.32. The van der Waals surface area contributed by atoms with Gasteiger partial charge >= 0.3 is 0 Å². The molecule has 0 spiro atoms. The second kappa shape index (κ2) is 7.23. The van der Waals surface area contributed by atoms with Gasteiger partial charge in [0.15, 0.2) is 0 Å². The number of pyridine rings is 1. The number of amides is 1. The molecule has 2 heterocycles. The average Bonchev–Trinajstić information content (AvgIpc) is 3.44. The van der Waals surface area contributed by atoms with Crippen molar-refractivity contribution in [2.75, 3.05) is 19.0 Å². The Bertz CT molecular complexity index is 913. The molecule has 0 bridgehead atoms. The van der Waals surface area contributed by atoms with Crippen molar-refractivity contribution in [1.29, 1.82) is 0 Å². The fraction of sp³-hybridized carbons (Fsp3) is 0.286. The second-order valence-corrected chi connectivity index (χ2v) is 7.09. The van der Waals surface area contributed by atoms with Crippen molar-refractivity contribution >= 4 is 11.7 Å². The number of hydrogen-bond acceptors (Lipinski definition) is 4. The van der Waals surface area contributed by atoms with Crippen molar-refractivity contribution in [3.05, 3.63) is 72.2 Å². The normalized spacial score (nSPS) is 13.4. The minimum Gasteiger partial charge on any atom is -0.363 e. The quantitative estimate of drug-likeness (QED) is 0.677. The molecular weight excluding hydrogens is 338 g/mol. The molecule has 1 fully saturated rings. The lowest BCUT2D eigenvalue weighted by molar-refractivity contribution is 0.0729. The first-order valence-electron chi connectivity index (χ1n) is 9.15. The molecule has 0 atom stereocenters. The largest absolute Gasteiger partial charge is 0.363 e. The van der Waals surface area contributed by atoms with Crippen molar-refractivity contribution in [2.24, 2.45) is 0 Å². The smallest absolute Gasteiger partial charge is 0.255 e. The van der Waals surface area contributed by atoms with Crippen LogP contribution in [0.25, 0.3) is 5.69 Å². The van der Waals surface area contributed by atoms with Crippen LogP contribution >= 0.6 is 0 Å². The van der Waals surface area contributed by atoms with Crippen LogP contribution in [0.5, 0.6) is 0 Å². The fourth-order valence-electron chi connectivity index (χ4n) is 3.06. The van der Waals surface area contributed by atoms with Crippen LogP contribution in [-0.4, -0.2) is 45.7 Å². The summed E-state index contributed by atoms with van der Waals surface area (Å²) in [6, 6.07) is 14.0. The summed E-state index contributed by atoms with van der Waals surface area (Å²) >= 11 is 0. The summed E-state index contributed by atoms with van der Waals surface area (Å²) in [7, 11) is 3.87. The average molecular weight is 361 g/mol. The summed E-state index contributed by atoms with van der Waals surface area (Å²) in [5.74, 6) is 0.872. The van der Waals surface area contributed by atoms with E-state index in [1.165, 1.54) is 0 Å². The maximum atomic E-state index is 13.0. The van der Waals surface area contributed by atoms with Crippen LogP contribution in [0.1, 0.15) is 28.8 Å². The zero-order valence-corrected chi connectivity index (χ0v) is 15.6. The number of benzene rings is 1. The molecule has 0 N–H and O–H groups in total. The molecule has 1 amide bonds. The van der Waals surface area contributed by atoms with E-state index in [-0.39, 0.29) is 5.91 Å². The monoisotopic (exact) mass is 361 g/mol. The van der Waals surface area contributed by atoms with Gasteiger partial charge in [0, 0.05) is 44.6 Å². The summed E-state index contributed by atoms with van der Waals surface area (Å²) in [5.41, 5.74) is 2.66. The van der Waals surface area contributed by atoms with Gasteiger partial charge in [-0.05, 0) is 37.1 Å². The minimum absolute atomic E-state index is 0.0303. The Hall–Kier alpha value is -3.15. The number of carbonyl (C=O) groups is 1. The fourth-order valence-corrected chi connectivity index (χ4v) is 3.06. The summed E-state index contributed by atoms with van der Waals surface area (Å²) in [6.07, 6.45) is 7.61. The van der Waals surface area contributed by atoms with Crippen LogP contribution in [-0.2, 0) is 6.54 Å². The van der Waals surface area contributed by atoms with Crippen LogP contribution < -0.4 is 4.90 Å². The lowest BCUT2D eigenvalue weighted by atomic mass is 10.2. The van der Waals surface area contributed by atoms with Crippen molar-refractivity contribution in [3.8, 4) is 5.69 Å². The SMILES string of the molecule is CN(C)c1ccc(C(=O)N(Cc2cnn(-c3ccccc3)c2)C2CC2)cn1. The van der Waals surface area contributed by atoms with E-state index in [9.17, 15) is 4.79 Å². The van der Waals surface area contributed by atoms with Crippen LogP contribution in [0.3, 0.4) is 0 Å². The van der Waals surface area contributed by atoms with E-state index in [0.29, 0.717) is 18.2 Å². The Morgan fingerprint density at radius 1 is 1.11 bits per heavy atom. The minimum atomic E-state index is 0.0303. The summed E-state index contributed by atoms with van der Waals surface area (Å²) < 4.78 is 1.85. The Morgan fingerprint density at radius 3 is 2.52 bits per heavy atom. The van der Waals surface area contributed by atoms with Gasteiger partial charge in [-0.15, -0.1) is 0 Å². The third-order valence-corrected chi connectivity index (χ3v) is 4.71. The molecule has 0 aliphatic heterocycles. The van der Waals surface area contributed by atoms with Crippen molar-refractivity contribution in [1.82, 2.24) is 19.7 Å². The van der Waals surface area contributed by atoms with E-state index in [0.717, 1.165) is 29.9 Å². The first-order chi connectivity index (χ1) is 13.1. The van der Waals surface area contributed by atoms with Gasteiger partial charge in [0.25, 0.3) is 5.91 Å². The van der Waals surface area contributed by atoms with E-state index in [1.54, 1.807) is 6.20 Å². The number of carbonyl (C=O) groups excluding carboxylic acids is 1. The van der Waals surface area contributed by atoms with Gasteiger partial charge in [-0.3, -0.25) is 4.79 Å². The summed E-state index contributed by atoms with van der Waals surface area (Å²) in [6.45, 7) is 0.561. The molecule has 1 aliphatic rings. The predicted molar refractivity (Wildman–Crippen MR) is 105 cm³/mol. The van der Waals surface area contributed by atoms with Crippen LogP contribution in [0.15, 0.2) is 61.1 Å². The van der Waals surface area contributed by atoms with E-state index >= 15 is 0 Å². The standard InChI is InChI=1S/C21H23N5O/c1-24(2)20-11-8-17(13-22-20)21(27)25(18-9-10-18)14-16-12-23-26(15-16)19-6-4-3-5-7-19/h3-8,11-13,15,18H,9-10,14H2,1-2H3. The second-order valence-electron chi connectivity index (χ2n) is 7.09. The molecule has 1 saturated carbocycles. The molecule has 27 heavy (non-hydrogen) atoms. The molecule has 1 aliphatic carbocycles. The number of para-hydroxylation sites is 1. The van der Waals surface area contributed by atoms with Crippen LogP contribution in [0, 0.1) is 0 Å². The third-order valence-electron chi connectivity index (χ3n) is 4.71. The predicted octanol–water partition coefficient (Wildman–Crippen LogP) is 3.14. The maximum Gasteiger partial charge on any atom is 0.255 e. The number of nitrogens with zero attached hydrogens (tertiary/aromatic N) is 5. The molecule has 2 aromatic heterocycles. The number of aromatic nitrogens is 3. The molecule has 138 valence electrons. The Labute approximate surface area is 159 Å². The molecule has 1 aromatic carbocycles. The Morgan fingerprint density at radius 2 is 1.89 bits per heavy atom. The van der Waals surface area contributed by atoms with E-state index < -0.39 is 0 Å². The van der Waals surface area contributed by atoms with E-state index in [4.69, 9.17) is 0 Å². The highest BCUT2D eigenvalue weighted by Crippen LogP contribution is 2.30. The number of anilines is 1. The van der Waals surface area contributed by atoms with Crippen LogP contribution in [0.2, 0.25) is 0 Å². The van der Waals surface area contributed by atoms with Crippen molar-refractivity contribution in [2.45, 2.75) is 25.4 Å². The maximum absolute atomic E-state index is 13.0. The van der Waals surface area contributed by atoms with Gasteiger partial charge in [-0.2, -0.15) is 5.10 Å². The molecule has 6 nitrogen and oxygen atoms in total. The molecular formula is C21H23N5O. The van der Waals surface area contributed by atoms with Gasteiger partial charge in [0.1, 0.15) is 5.82 Å². The van der Waals surface area contributed by atoms with E-state index in [2.05, 4.69) is 10.1 Å². The molecule has 0 radical (unpaired) electrons. The molecule has 6 heteroatoms. The van der Waals surface area contributed by atoms with Gasteiger partial charge < -0.3 is 9.80 Å². The highest BCUT2D eigenvalue weighted by atomic mass is 16.2. The summed E-state index contributed by atoms with van der Waals surface area (Å²) in [4.78, 5) is 21.3. The number of hydrogen-bond donors (Lipinski definition) is 0. The van der Waals surface area contributed by atoms with Crippen LogP contribution in [0.4, 0.5) is 5.82 Å². The zero-order chi connectivity index (χ0) is 18.8. The first kappa shape index (κ1) is 17.3. The Kier molecular flexibility index (Phi) is 4.62. The highest BCUT2D eigenvalue weighted by molar-refractivity contribution is 5.94. The van der Waals surface area contributed by atoms with Crippen molar-refractivity contribution < 1.29 is 4.79 Å². The first-order valence-corrected chi connectivity index (χ1v) is 9.15. The molecule has 3 aromatic rings. The van der Waals surface area contributed by atoms with E-state index in [1.807, 2.05) is 83.4 Å². The molecule has 4 rings (SSSR count).